The molecular formula is C17H34N2O. The molecule has 1 saturated carbocycles. The molecule has 0 radical (unpaired) electrons. The maximum atomic E-state index is 9.07. The van der Waals surface area contributed by atoms with Gasteiger partial charge in [0.05, 0.1) is 0 Å². The standard InChI is InChI=1S/C17H34N2O/c1-13(2)19-10-15-7-4-8-16(11-19)17(15)18-9-5-6-14(3)12-20/h13-18,20H,4-12H2,1-3H3. The molecule has 0 amide bonds. The molecule has 0 aromatic heterocycles. The van der Waals surface area contributed by atoms with Gasteiger partial charge in [0, 0.05) is 31.8 Å². The molecule has 3 nitrogen and oxygen atoms in total. The van der Waals surface area contributed by atoms with Crippen LogP contribution in [0.15, 0.2) is 0 Å². The summed E-state index contributed by atoms with van der Waals surface area (Å²) in [6.45, 7) is 10.8. The summed E-state index contributed by atoms with van der Waals surface area (Å²) in [6.07, 6.45) is 6.59. The highest BCUT2D eigenvalue weighted by Gasteiger charge is 2.39. The van der Waals surface area contributed by atoms with Crippen LogP contribution in [0, 0.1) is 17.8 Å². The van der Waals surface area contributed by atoms with Gasteiger partial charge in [-0.05, 0) is 63.8 Å². The first kappa shape index (κ1) is 16.3. The van der Waals surface area contributed by atoms with Gasteiger partial charge in [0.2, 0.25) is 0 Å². The number of fused-ring (bicyclic) bond motifs is 2. The quantitative estimate of drug-likeness (QED) is 0.704. The van der Waals surface area contributed by atoms with Gasteiger partial charge in [0.15, 0.2) is 0 Å². The minimum atomic E-state index is 0.331. The van der Waals surface area contributed by atoms with Crippen molar-refractivity contribution in [2.24, 2.45) is 17.8 Å². The molecule has 3 heteroatoms. The number of hydrogen-bond donors (Lipinski definition) is 2. The molecule has 2 bridgehead atoms. The molecule has 2 fully saturated rings. The van der Waals surface area contributed by atoms with Crippen LogP contribution < -0.4 is 5.32 Å². The van der Waals surface area contributed by atoms with E-state index in [1.54, 1.807) is 0 Å². The Morgan fingerprint density at radius 3 is 2.35 bits per heavy atom. The van der Waals surface area contributed by atoms with Gasteiger partial charge >= 0.3 is 0 Å². The summed E-state index contributed by atoms with van der Waals surface area (Å²) in [5.74, 6) is 2.18. The zero-order valence-corrected chi connectivity index (χ0v) is 13.6. The van der Waals surface area contributed by atoms with E-state index in [0.717, 1.165) is 30.8 Å². The number of nitrogens with zero attached hydrogens (tertiary/aromatic N) is 1. The van der Waals surface area contributed by atoms with Crippen molar-refractivity contribution in [3.63, 3.8) is 0 Å². The third-order valence-electron chi connectivity index (χ3n) is 5.40. The molecule has 0 spiro atoms. The van der Waals surface area contributed by atoms with Crippen LogP contribution in [0.4, 0.5) is 0 Å². The van der Waals surface area contributed by atoms with Crippen LogP contribution >= 0.6 is 0 Å². The Balaban J connectivity index is 1.77. The first-order valence-electron chi connectivity index (χ1n) is 8.70. The summed E-state index contributed by atoms with van der Waals surface area (Å²) in [5.41, 5.74) is 0. The highest BCUT2D eigenvalue weighted by atomic mass is 16.3. The molecule has 0 aromatic carbocycles. The maximum Gasteiger partial charge on any atom is 0.0456 e. The fourth-order valence-electron chi connectivity index (χ4n) is 4.04. The molecule has 1 heterocycles. The molecule has 0 aromatic rings. The van der Waals surface area contributed by atoms with Crippen molar-refractivity contribution in [1.82, 2.24) is 10.2 Å². The van der Waals surface area contributed by atoms with E-state index in [-0.39, 0.29) is 0 Å². The fraction of sp³-hybridized carbons (Fsp3) is 1.00. The molecule has 3 atom stereocenters. The lowest BCUT2D eigenvalue weighted by Crippen LogP contribution is -2.58. The topological polar surface area (TPSA) is 35.5 Å². The van der Waals surface area contributed by atoms with Gasteiger partial charge in [-0.25, -0.2) is 0 Å². The molecule has 1 aliphatic carbocycles. The number of likely N-dealkylation sites (tertiary alicyclic amines) is 1. The van der Waals surface area contributed by atoms with Gasteiger partial charge in [-0.15, -0.1) is 0 Å². The molecule has 2 aliphatic rings. The van der Waals surface area contributed by atoms with E-state index in [2.05, 4.69) is 31.0 Å². The van der Waals surface area contributed by atoms with Crippen molar-refractivity contribution in [2.45, 2.75) is 65.0 Å². The minimum absolute atomic E-state index is 0.331. The largest absolute Gasteiger partial charge is 0.396 e. The lowest BCUT2D eigenvalue weighted by Gasteiger charge is -2.49. The Labute approximate surface area is 125 Å². The number of aliphatic hydroxyl groups excluding tert-OH is 1. The van der Waals surface area contributed by atoms with Gasteiger partial charge < -0.3 is 15.3 Å². The summed E-state index contributed by atoms with van der Waals surface area (Å²) < 4.78 is 0. The van der Waals surface area contributed by atoms with Crippen LogP contribution in [-0.4, -0.2) is 48.3 Å². The third kappa shape index (κ3) is 4.19. The lowest BCUT2D eigenvalue weighted by atomic mass is 9.73. The molecule has 1 aliphatic heterocycles. The summed E-state index contributed by atoms with van der Waals surface area (Å²) in [4.78, 5) is 2.68. The monoisotopic (exact) mass is 282 g/mol. The molecule has 2 N–H and O–H groups in total. The van der Waals surface area contributed by atoms with Gasteiger partial charge in [-0.3, -0.25) is 0 Å². The van der Waals surface area contributed by atoms with Gasteiger partial charge in [0.1, 0.15) is 0 Å². The maximum absolute atomic E-state index is 9.07. The van der Waals surface area contributed by atoms with Gasteiger partial charge in [-0.2, -0.15) is 0 Å². The Morgan fingerprint density at radius 1 is 1.15 bits per heavy atom. The Morgan fingerprint density at radius 2 is 1.80 bits per heavy atom. The smallest absolute Gasteiger partial charge is 0.0456 e. The molecule has 118 valence electrons. The summed E-state index contributed by atoms with van der Waals surface area (Å²) in [6, 6.07) is 1.45. The molecule has 20 heavy (non-hydrogen) atoms. The summed E-state index contributed by atoms with van der Waals surface area (Å²) >= 11 is 0. The Bertz CT molecular complexity index is 268. The van der Waals surface area contributed by atoms with Gasteiger partial charge in [-0.1, -0.05) is 13.3 Å². The van der Waals surface area contributed by atoms with E-state index in [9.17, 15) is 0 Å². The van der Waals surface area contributed by atoms with Crippen molar-refractivity contribution in [3.05, 3.63) is 0 Å². The van der Waals surface area contributed by atoms with E-state index in [4.69, 9.17) is 5.11 Å². The van der Waals surface area contributed by atoms with Crippen LogP contribution in [0.3, 0.4) is 0 Å². The Kier molecular flexibility index (Phi) is 6.31. The van der Waals surface area contributed by atoms with E-state index < -0.39 is 0 Å². The van der Waals surface area contributed by atoms with Crippen LogP contribution in [0.25, 0.3) is 0 Å². The number of piperidine rings is 1. The minimum Gasteiger partial charge on any atom is -0.396 e. The molecular weight excluding hydrogens is 248 g/mol. The van der Waals surface area contributed by atoms with Crippen molar-refractivity contribution in [2.75, 3.05) is 26.2 Å². The van der Waals surface area contributed by atoms with Crippen LogP contribution in [0.5, 0.6) is 0 Å². The molecule has 1 saturated heterocycles. The lowest BCUT2D eigenvalue weighted by molar-refractivity contribution is 0.0295. The van der Waals surface area contributed by atoms with Crippen molar-refractivity contribution < 1.29 is 5.11 Å². The normalized spacial score (nSPS) is 32.5. The second-order valence-electron chi connectivity index (χ2n) is 7.41. The van der Waals surface area contributed by atoms with Crippen molar-refractivity contribution in [1.29, 1.82) is 0 Å². The second kappa shape index (κ2) is 7.77. The van der Waals surface area contributed by atoms with E-state index in [0.29, 0.717) is 18.6 Å². The first-order valence-corrected chi connectivity index (χ1v) is 8.70. The van der Waals surface area contributed by atoms with Crippen LogP contribution in [0.2, 0.25) is 0 Å². The highest BCUT2D eigenvalue weighted by Crippen LogP contribution is 2.35. The van der Waals surface area contributed by atoms with Crippen molar-refractivity contribution >= 4 is 0 Å². The SMILES string of the molecule is CC(CO)CCCNC1C2CCCC1CN(C(C)C)C2. The summed E-state index contributed by atoms with van der Waals surface area (Å²) in [5, 5.41) is 12.9. The highest BCUT2D eigenvalue weighted by molar-refractivity contribution is 4.95. The Hall–Kier alpha value is -0.120. The van der Waals surface area contributed by atoms with Crippen molar-refractivity contribution in [3.8, 4) is 0 Å². The second-order valence-corrected chi connectivity index (χ2v) is 7.41. The molecule has 2 rings (SSSR count). The van der Waals surface area contributed by atoms with E-state index >= 15 is 0 Å². The predicted molar refractivity (Wildman–Crippen MR) is 84.8 cm³/mol. The third-order valence-corrected chi connectivity index (χ3v) is 5.40. The number of aliphatic hydroxyl groups is 1. The molecule has 3 unspecified atom stereocenters. The average Bonchev–Trinajstić information content (AvgIpc) is 2.42. The van der Waals surface area contributed by atoms with Crippen LogP contribution in [0.1, 0.15) is 52.9 Å². The number of hydrogen-bond acceptors (Lipinski definition) is 3. The van der Waals surface area contributed by atoms with E-state index in [1.165, 1.54) is 38.8 Å². The fourth-order valence-corrected chi connectivity index (χ4v) is 4.04. The van der Waals surface area contributed by atoms with E-state index in [1.807, 2.05) is 0 Å². The average molecular weight is 282 g/mol. The number of nitrogens with one attached hydrogen (secondary N) is 1. The van der Waals surface area contributed by atoms with Gasteiger partial charge in [0.25, 0.3) is 0 Å². The first-order chi connectivity index (χ1) is 9.61. The zero-order chi connectivity index (χ0) is 14.5. The predicted octanol–water partition coefficient (Wildman–Crippen LogP) is 2.49. The summed E-state index contributed by atoms with van der Waals surface area (Å²) in [7, 11) is 0. The number of rotatable bonds is 7. The zero-order valence-electron chi connectivity index (χ0n) is 13.6. The van der Waals surface area contributed by atoms with Crippen LogP contribution in [-0.2, 0) is 0 Å².